The van der Waals surface area contributed by atoms with Crippen LogP contribution in [0.3, 0.4) is 0 Å². The molecule has 4 rings (SSSR count). The summed E-state index contributed by atoms with van der Waals surface area (Å²) in [5, 5.41) is 23.0. The van der Waals surface area contributed by atoms with Crippen LogP contribution < -0.4 is 0 Å². The van der Waals surface area contributed by atoms with Crippen molar-refractivity contribution < 1.29 is 33.7 Å². The van der Waals surface area contributed by atoms with E-state index in [0.29, 0.717) is 18.4 Å². The lowest BCUT2D eigenvalue weighted by Gasteiger charge is -2.62. The lowest BCUT2D eigenvalue weighted by molar-refractivity contribution is -0.215. The minimum absolute atomic E-state index is 0.0815. The maximum absolute atomic E-state index is 17.1. The molecule has 0 heterocycles. The largest absolute Gasteiger partial charge is 0.458 e. The number of Topliss-reactive ketones (excluding diaryl/α,β-unsaturated/α-hetero) is 1. The minimum atomic E-state index is -2.01. The molecule has 4 aliphatic rings. The SMILES string of the molecule is CCC(=O)OCC(=O)[C@@]1(O)[C@H](C)C[C@H]2[C@@H]3CC=C4CC(=O)C=C[C@]4(C)[C@@]3(F)[C@@H](O)C[C@@]21C. The van der Waals surface area contributed by atoms with E-state index < -0.39 is 58.4 Å². The van der Waals surface area contributed by atoms with Crippen LogP contribution in [0.4, 0.5) is 4.39 Å². The van der Waals surface area contributed by atoms with Gasteiger partial charge in [-0.1, -0.05) is 38.5 Å². The quantitative estimate of drug-likeness (QED) is 0.507. The zero-order chi connectivity index (χ0) is 23.7. The average Bonchev–Trinajstić information content (AvgIpc) is 2.94. The van der Waals surface area contributed by atoms with Crippen LogP contribution in [0.25, 0.3) is 0 Å². The molecular formula is C25H33FO6. The number of hydrogen-bond acceptors (Lipinski definition) is 6. The summed E-state index contributed by atoms with van der Waals surface area (Å²) in [7, 11) is 0. The second kappa shape index (κ2) is 7.32. The van der Waals surface area contributed by atoms with Crippen LogP contribution in [-0.4, -0.2) is 51.7 Å². The van der Waals surface area contributed by atoms with Gasteiger partial charge in [0.1, 0.15) is 5.60 Å². The van der Waals surface area contributed by atoms with Gasteiger partial charge in [0, 0.05) is 29.6 Å². The fourth-order valence-electron chi connectivity index (χ4n) is 7.41. The third-order valence-electron chi connectivity index (χ3n) is 9.26. The third-order valence-corrected chi connectivity index (χ3v) is 9.26. The Balaban J connectivity index is 1.73. The molecule has 0 aromatic carbocycles. The first-order valence-corrected chi connectivity index (χ1v) is 11.6. The van der Waals surface area contributed by atoms with Gasteiger partial charge < -0.3 is 14.9 Å². The highest BCUT2D eigenvalue weighted by Gasteiger charge is 2.75. The molecule has 0 spiro atoms. The predicted molar refractivity (Wildman–Crippen MR) is 114 cm³/mol. The summed E-state index contributed by atoms with van der Waals surface area (Å²) in [6.45, 7) is 6.34. The standard InChI is InChI=1S/C25H33FO6/c1-5-21(30)32-13-20(29)25(31)14(2)10-18-17-7-6-15-11-16(27)8-9-22(15,3)24(17,26)19(28)12-23(18,25)4/h6,8-9,14,17-19,28,31H,5,7,10-13H2,1-4H3/t14-,17+,18+,19+,22+,23+,24+,25+/m1/s1. The number of aliphatic hydroxyl groups is 2. The van der Waals surface area contributed by atoms with Gasteiger partial charge in [-0.25, -0.2) is 4.39 Å². The molecule has 0 unspecified atom stereocenters. The summed E-state index contributed by atoms with van der Waals surface area (Å²) in [5.41, 5.74) is -5.35. The number of ether oxygens (including phenoxy) is 1. The second-order valence-corrected chi connectivity index (χ2v) is 10.6. The van der Waals surface area contributed by atoms with Crippen LogP contribution in [0.1, 0.15) is 59.8 Å². The normalized spacial score (nSPS) is 47.2. The number of carbonyl (C=O) groups is 3. The summed E-state index contributed by atoms with van der Waals surface area (Å²) >= 11 is 0. The molecule has 4 aliphatic carbocycles. The predicted octanol–water partition coefficient (Wildman–Crippen LogP) is 2.86. The number of aliphatic hydroxyl groups excluding tert-OH is 1. The van der Waals surface area contributed by atoms with E-state index in [1.54, 1.807) is 33.8 Å². The molecule has 2 fully saturated rings. The highest BCUT2D eigenvalue weighted by atomic mass is 19.1. The number of hydrogen-bond donors (Lipinski definition) is 2. The Kier molecular flexibility index (Phi) is 5.33. The first-order chi connectivity index (χ1) is 14.9. The molecule has 8 atom stereocenters. The molecule has 2 N–H and O–H groups in total. The topological polar surface area (TPSA) is 101 Å². The molecule has 176 valence electrons. The fourth-order valence-corrected chi connectivity index (χ4v) is 7.41. The fraction of sp³-hybridized carbons (Fsp3) is 0.720. The summed E-state index contributed by atoms with van der Waals surface area (Å²) in [6.07, 6.45) is 4.40. The zero-order valence-corrected chi connectivity index (χ0v) is 19.2. The zero-order valence-electron chi connectivity index (χ0n) is 19.2. The summed E-state index contributed by atoms with van der Waals surface area (Å²) in [6, 6.07) is 0. The van der Waals surface area contributed by atoms with Gasteiger partial charge in [0.15, 0.2) is 18.1 Å². The summed E-state index contributed by atoms with van der Waals surface area (Å²) in [4.78, 5) is 36.7. The minimum Gasteiger partial charge on any atom is -0.458 e. The molecule has 0 aliphatic heterocycles. The van der Waals surface area contributed by atoms with E-state index in [4.69, 9.17) is 4.74 Å². The Labute approximate surface area is 187 Å². The van der Waals surface area contributed by atoms with Gasteiger partial charge >= 0.3 is 5.97 Å². The van der Waals surface area contributed by atoms with Crippen molar-refractivity contribution in [2.75, 3.05) is 6.61 Å². The van der Waals surface area contributed by atoms with Gasteiger partial charge in [-0.2, -0.15) is 0 Å². The summed E-state index contributed by atoms with van der Waals surface area (Å²) in [5.74, 6) is -2.68. The van der Waals surface area contributed by atoms with E-state index >= 15 is 4.39 Å². The number of fused-ring (bicyclic) bond motifs is 5. The van der Waals surface area contributed by atoms with Gasteiger partial charge in [-0.05, 0) is 44.1 Å². The van der Waals surface area contributed by atoms with Crippen molar-refractivity contribution in [3.63, 3.8) is 0 Å². The lowest BCUT2D eigenvalue weighted by atomic mass is 9.45. The molecule has 7 heteroatoms. The van der Waals surface area contributed by atoms with E-state index in [1.807, 2.05) is 6.08 Å². The van der Waals surface area contributed by atoms with Crippen LogP contribution >= 0.6 is 0 Å². The van der Waals surface area contributed by atoms with Gasteiger partial charge in [0.25, 0.3) is 0 Å². The van der Waals surface area contributed by atoms with Crippen LogP contribution in [0, 0.1) is 28.6 Å². The molecular weight excluding hydrogens is 415 g/mol. The van der Waals surface area contributed by atoms with Crippen molar-refractivity contribution >= 4 is 17.5 Å². The number of carbonyl (C=O) groups excluding carboxylic acids is 3. The van der Waals surface area contributed by atoms with Crippen molar-refractivity contribution in [1.29, 1.82) is 0 Å². The average molecular weight is 449 g/mol. The maximum atomic E-state index is 17.1. The molecule has 0 aromatic heterocycles. The first kappa shape index (κ1) is 23.3. The number of esters is 1. The van der Waals surface area contributed by atoms with Crippen LogP contribution in [0.2, 0.25) is 0 Å². The highest BCUT2D eigenvalue weighted by molar-refractivity contribution is 5.94. The molecule has 0 aromatic rings. The molecule has 0 radical (unpaired) electrons. The van der Waals surface area contributed by atoms with E-state index in [0.717, 1.165) is 0 Å². The molecule has 0 bridgehead atoms. The van der Waals surface area contributed by atoms with Crippen molar-refractivity contribution in [2.45, 2.75) is 77.2 Å². The Morgan fingerprint density at radius 2 is 1.97 bits per heavy atom. The van der Waals surface area contributed by atoms with Crippen molar-refractivity contribution in [2.24, 2.45) is 28.6 Å². The second-order valence-electron chi connectivity index (χ2n) is 10.6. The third kappa shape index (κ3) is 2.73. The van der Waals surface area contributed by atoms with Gasteiger partial charge in [-0.15, -0.1) is 0 Å². The van der Waals surface area contributed by atoms with Crippen molar-refractivity contribution in [3.05, 3.63) is 23.8 Å². The van der Waals surface area contributed by atoms with Crippen LogP contribution in [0.5, 0.6) is 0 Å². The van der Waals surface area contributed by atoms with E-state index in [-0.39, 0.29) is 31.0 Å². The van der Waals surface area contributed by atoms with Crippen molar-refractivity contribution in [1.82, 2.24) is 0 Å². The molecule has 0 amide bonds. The lowest BCUT2D eigenvalue weighted by Crippen LogP contribution is -2.69. The molecule has 32 heavy (non-hydrogen) atoms. The Hall–Kier alpha value is -1.86. The Bertz CT molecular complexity index is 925. The number of halogens is 1. The Morgan fingerprint density at radius 1 is 1.28 bits per heavy atom. The van der Waals surface area contributed by atoms with Crippen molar-refractivity contribution in [3.8, 4) is 0 Å². The van der Waals surface area contributed by atoms with Gasteiger partial charge in [0.2, 0.25) is 5.78 Å². The molecule has 0 saturated heterocycles. The number of ketones is 2. The number of rotatable bonds is 4. The monoisotopic (exact) mass is 448 g/mol. The number of allylic oxidation sites excluding steroid dienone is 4. The van der Waals surface area contributed by atoms with Crippen LogP contribution in [0.15, 0.2) is 23.8 Å². The molecule has 6 nitrogen and oxygen atoms in total. The van der Waals surface area contributed by atoms with E-state index in [2.05, 4.69) is 0 Å². The van der Waals surface area contributed by atoms with E-state index in [9.17, 15) is 24.6 Å². The maximum Gasteiger partial charge on any atom is 0.305 e. The number of alkyl halides is 1. The van der Waals surface area contributed by atoms with E-state index in [1.165, 1.54) is 6.08 Å². The first-order valence-electron chi connectivity index (χ1n) is 11.6. The van der Waals surface area contributed by atoms with Gasteiger partial charge in [-0.3, -0.25) is 14.4 Å². The Morgan fingerprint density at radius 3 is 2.62 bits per heavy atom. The highest BCUT2D eigenvalue weighted by Crippen LogP contribution is 2.70. The smallest absolute Gasteiger partial charge is 0.305 e. The van der Waals surface area contributed by atoms with Gasteiger partial charge in [0.05, 0.1) is 6.10 Å². The summed E-state index contributed by atoms with van der Waals surface area (Å²) < 4.78 is 22.1. The molecule has 2 saturated carbocycles. The van der Waals surface area contributed by atoms with Crippen LogP contribution in [-0.2, 0) is 19.1 Å².